The summed E-state index contributed by atoms with van der Waals surface area (Å²) < 4.78 is 13.8. The first-order valence-corrected chi connectivity index (χ1v) is 13.9. The van der Waals surface area contributed by atoms with Gasteiger partial charge in [0.1, 0.15) is 17.6 Å². The second kappa shape index (κ2) is 11.7. The minimum atomic E-state index is -0.532. The van der Waals surface area contributed by atoms with Crippen LogP contribution in [0.3, 0.4) is 0 Å². The highest BCUT2D eigenvalue weighted by molar-refractivity contribution is 6.36. The molecule has 0 bridgehead atoms. The molecule has 41 heavy (non-hydrogen) atoms. The van der Waals surface area contributed by atoms with Gasteiger partial charge in [-0.1, -0.05) is 47.5 Å². The van der Waals surface area contributed by atoms with Crippen molar-refractivity contribution in [1.29, 1.82) is 5.26 Å². The molecule has 1 fully saturated rings. The lowest BCUT2D eigenvalue weighted by Gasteiger charge is -2.21. The third-order valence-electron chi connectivity index (χ3n) is 7.16. The predicted octanol–water partition coefficient (Wildman–Crippen LogP) is 7.21. The summed E-state index contributed by atoms with van der Waals surface area (Å²) >= 11 is 12.7. The van der Waals surface area contributed by atoms with Crippen molar-refractivity contribution in [1.82, 2.24) is 25.3 Å². The number of likely N-dealkylation sites (tertiary alicyclic amines) is 1. The molecule has 1 aliphatic rings. The summed E-state index contributed by atoms with van der Waals surface area (Å²) in [4.78, 5) is 6.90. The number of benzene rings is 3. The highest BCUT2D eigenvalue weighted by Gasteiger charge is 2.21. The second-order valence-corrected chi connectivity index (χ2v) is 10.8. The van der Waals surface area contributed by atoms with Gasteiger partial charge in [0.2, 0.25) is 0 Å². The predicted molar refractivity (Wildman–Crippen MR) is 159 cm³/mol. The lowest BCUT2D eigenvalue weighted by Crippen LogP contribution is -2.19. The van der Waals surface area contributed by atoms with Crippen molar-refractivity contribution in [2.75, 3.05) is 23.7 Å². The van der Waals surface area contributed by atoms with Crippen LogP contribution in [0.2, 0.25) is 10.0 Å². The number of anilines is 3. The van der Waals surface area contributed by atoms with Crippen molar-refractivity contribution in [3.05, 3.63) is 105 Å². The highest BCUT2D eigenvalue weighted by Crippen LogP contribution is 2.37. The summed E-state index contributed by atoms with van der Waals surface area (Å²) in [6.07, 6.45) is 5.62. The van der Waals surface area contributed by atoms with Crippen LogP contribution in [0.4, 0.5) is 21.5 Å². The molecular weight excluding hydrogens is 562 g/mol. The second-order valence-electron chi connectivity index (χ2n) is 9.97. The van der Waals surface area contributed by atoms with Crippen molar-refractivity contribution in [2.45, 2.75) is 25.4 Å². The summed E-state index contributed by atoms with van der Waals surface area (Å²) in [6.45, 7) is 3.13. The first-order chi connectivity index (χ1) is 20.0. The molecule has 11 heteroatoms. The van der Waals surface area contributed by atoms with Crippen LogP contribution in [0.25, 0.3) is 10.9 Å². The van der Waals surface area contributed by atoms with E-state index in [0.717, 1.165) is 25.2 Å². The Labute approximate surface area is 246 Å². The Kier molecular flexibility index (Phi) is 7.70. The Hall–Kier alpha value is -4.23. The van der Waals surface area contributed by atoms with E-state index in [2.05, 4.69) is 66.3 Å². The molecule has 0 radical (unpaired) electrons. The maximum atomic E-state index is 13.8. The van der Waals surface area contributed by atoms with Gasteiger partial charge in [0.25, 0.3) is 0 Å². The zero-order valence-electron chi connectivity index (χ0n) is 21.8. The Morgan fingerprint density at radius 2 is 1.85 bits per heavy atom. The summed E-state index contributed by atoms with van der Waals surface area (Å²) in [7, 11) is 0. The number of hydrogen-bond donors (Lipinski definition) is 3. The fourth-order valence-electron chi connectivity index (χ4n) is 5.19. The van der Waals surface area contributed by atoms with E-state index < -0.39 is 5.82 Å². The fraction of sp³-hybridized carbons (Fsp3) is 0.200. The number of aromatic amines is 1. The van der Waals surface area contributed by atoms with Gasteiger partial charge in [-0.05, 0) is 67.4 Å². The Bertz CT molecular complexity index is 1750. The lowest BCUT2D eigenvalue weighted by atomic mass is 10.0. The molecule has 1 aliphatic heterocycles. The average molecular weight is 587 g/mol. The third kappa shape index (κ3) is 5.81. The van der Waals surface area contributed by atoms with Crippen LogP contribution in [0.5, 0.6) is 0 Å². The molecule has 3 aromatic carbocycles. The van der Waals surface area contributed by atoms with Gasteiger partial charge in [0, 0.05) is 29.5 Å². The van der Waals surface area contributed by atoms with Gasteiger partial charge in [-0.2, -0.15) is 20.7 Å². The van der Waals surface area contributed by atoms with Gasteiger partial charge in [0.15, 0.2) is 0 Å². The van der Waals surface area contributed by atoms with Gasteiger partial charge in [-0.25, -0.2) is 4.39 Å². The zero-order valence-corrected chi connectivity index (χ0v) is 23.3. The number of nitriles is 1. The summed E-state index contributed by atoms with van der Waals surface area (Å²) in [6, 6.07) is 18.2. The number of nitrogens with one attached hydrogen (secondary N) is 3. The van der Waals surface area contributed by atoms with E-state index in [4.69, 9.17) is 23.2 Å². The van der Waals surface area contributed by atoms with Crippen LogP contribution in [0.1, 0.15) is 41.3 Å². The number of pyridine rings is 1. The molecule has 0 aliphatic carbocycles. The molecule has 6 rings (SSSR count). The van der Waals surface area contributed by atoms with Crippen LogP contribution >= 0.6 is 23.2 Å². The average Bonchev–Trinajstić information content (AvgIpc) is 3.69. The van der Waals surface area contributed by atoms with Gasteiger partial charge < -0.3 is 10.6 Å². The number of halogens is 3. The van der Waals surface area contributed by atoms with E-state index in [1.807, 2.05) is 6.07 Å². The molecule has 8 nitrogen and oxygen atoms in total. The monoisotopic (exact) mass is 586 g/mol. The first kappa shape index (κ1) is 27.0. The van der Waals surface area contributed by atoms with E-state index in [0.29, 0.717) is 44.2 Å². The Morgan fingerprint density at radius 1 is 1.02 bits per heavy atom. The highest BCUT2D eigenvalue weighted by atomic mass is 35.5. The quantitative estimate of drug-likeness (QED) is 0.176. The number of rotatable bonds is 8. The van der Waals surface area contributed by atoms with Crippen molar-refractivity contribution in [3.8, 4) is 6.07 Å². The molecule has 0 unspecified atom stereocenters. The molecule has 1 saturated heterocycles. The van der Waals surface area contributed by atoms with Gasteiger partial charge in [0.05, 0.1) is 39.1 Å². The fourth-order valence-corrected chi connectivity index (χ4v) is 5.64. The standard InChI is InChI=1S/C30H25Cl2FN8/c31-24-12-21(6-7-26(24)33)37-28-20(14-34)15-35-30-23(28)11-22(13-25(30)32)38-29(27-16-36-40-39-27)19-5-3-4-18(10-19)17-41-8-1-2-9-41/h3-7,10-13,15-16,29,38H,1-2,8-9,17H2,(H,35,37)(H,36,39,40)/t29-/m0/s1. The van der Waals surface area contributed by atoms with Gasteiger partial charge in [-0.3, -0.25) is 9.88 Å². The smallest absolute Gasteiger partial charge is 0.141 e. The van der Waals surface area contributed by atoms with Crippen molar-refractivity contribution < 1.29 is 4.39 Å². The van der Waals surface area contributed by atoms with E-state index in [1.165, 1.54) is 36.7 Å². The van der Waals surface area contributed by atoms with Crippen molar-refractivity contribution in [3.63, 3.8) is 0 Å². The van der Waals surface area contributed by atoms with Crippen LogP contribution in [0.15, 0.2) is 67.0 Å². The van der Waals surface area contributed by atoms with Crippen molar-refractivity contribution >= 4 is 51.2 Å². The number of nitrogens with zero attached hydrogens (tertiary/aromatic N) is 5. The lowest BCUT2D eigenvalue weighted by molar-refractivity contribution is 0.331. The SMILES string of the molecule is N#Cc1cnc2c(Cl)cc(N[C@@H](c3cccc(CN4CCCC4)c3)c3cn[nH]n3)cc2c1Nc1ccc(F)c(Cl)c1. The Morgan fingerprint density at radius 3 is 2.61 bits per heavy atom. The van der Waals surface area contributed by atoms with Gasteiger partial charge in [-0.15, -0.1) is 0 Å². The van der Waals surface area contributed by atoms with E-state index in [9.17, 15) is 9.65 Å². The molecule has 5 aromatic rings. The van der Waals surface area contributed by atoms with Crippen molar-refractivity contribution in [2.24, 2.45) is 0 Å². The molecule has 3 N–H and O–H groups in total. The molecule has 3 heterocycles. The summed E-state index contributed by atoms with van der Waals surface area (Å²) in [5, 5.41) is 28.7. The van der Waals surface area contributed by atoms with Crippen LogP contribution in [-0.2, 0) is 6.54 Å². The third-order valence-corrected chi connectivity index (χ3v) is 7.74. The molecular formula is C30H25Cl2FN8. The number of aromatic nitrogens is 4. The minimum absolute atomic E-state index is 0.0327. The molecule has 2 aromatic heterocycles. The molecule has 0 amide bonds. The maximum absolute atomic E-state index is 13.8. The van der Waals surface area contributed by atoms with Crippen LogP contribution in [-0.4, -0.2) is 38.4 Å². The molecule has 0 spiro atoms. The van der Waals surface area contributed by atoms with Crippen LogP contribution in [0, 0.1) is 17.1 Å². The topological polar surface area (TPSA) is 106 Å². The number of hydrogen-bond acceptors (Lipinski definition) is 7. The zero-order chi connectivity index (χ0) is 28.3. The number of H-pyrrole nitrogens is 1. The summed E-state index contributed by atoms with van der Waals surface area (Å²) in [5.41, 5.74) is 5.46. The van der Waals surface area contributed by atoms with E-state index >= 15 is 0 Å². The van der Waals surface area contributed by atoms with Gasteiger partial charge >= 0.3 is 0 Å². The normalized spacial score (nSPS) is 14.2. The summed E-state index contributed by atoms with van der Waals surface area (Å²) in [5.74, 6) is -0.532. The molecule has 0 saturated carbocycles. The molecule has 1 atom stereocenters. The number of fused-ring (bicyclic) bond motifs is 1. The molecule has 206 valence electrons. The van der Waals surface area contributed by atoms with E-state index in [-0.39, 0.29) is 11.1 Å². The Balaban J connectivity index is 1.39. The van der Waals surface area contributed by atoms with E-state index in [1.54, 1.807) is 18.3 Å². The maximum Gasteiger partial charge on any atom is 0.141 e. The largest absolute Gasteiger partial charge is 0.373 e. The minimum Gasteiger partial charge on any atom is -0.373 e. The first-order valence-electron chi connectivity index (χ1n) is 13.2. The van der Waals surface area contributed by atoms with Crippen LogP contribution < -0.4 is 10.6 Å².